The van der Waals surface area contributed by atoms with E-state index in [1.54, 1.807) is 6.07 Å². The number of phenolic OH excluding ortho intramolecular Hbond substituents is 1. The first kappa shape index (κ1) is 21.2. The maximum absolute atomic E-state index is 12.7. The zero-order chi connectivity index (χ0) is 20.4. The topological polar surface area (TPSA) is 52.9 Å². The van der Waals surface area contributed by atoms with Crippen LogP contribution < -0.4 is 4.74 Å². The molecule has 0 amide bonds. The van der Waals surface area contributed by atoms with Gasteiger partial charge in [-0.2, -0.15) is 0 Å². The molecule has 1 aromatic carbocycles. The van der Waals surface area contributed by atoms with Crippen molar-refractivity contribution >= 4 is 0 Å². The highest BCUT2D eigenvalue weighted by Gasteiger charge is 2.40. The van der Waals surface area contributed by atoms with Crippen LogP contribution in [0.25, 0.3) is 0 Å². The van der Waals surface area contributed by atoms with Gasteiger partial charge in [-0.15, -0.1) is 13.2 Å². The molecule has 2 fully saturated rings. The molecule has 1 unspecified atom stereocenters. The molecule has 0 bridgehead atoms. The lowest BCUT2D eigenvalue weighted by molar-refractivity contribution is -0.275. The van der Waals surface area contributed by atoms with Gasteiger partial charge >= 0.3 is 6.36 Å². The molecule has 1 aliphatic heterocycles. The van der Waals surface area contributed by atoms with Crippen LogP contribution in [-0.4, -0.2) is 46.7 Å². The summed E-state index contributed by atoms with van der Waals surface area (Å²) in [6.45, 7) is 4.68. The molecule has 0 aromatic heterocycles. The van der Waals surface area contributed by atoms with Crippen LogP contribution in [0.1, 0.15) is 63.4 Å². The molecule has 1 heterocycles. The van der Waals surface area contributed by atoms with E-state index in [9.17, 15) is 23.4 Å². The van der Waals surface area contributed by atoms with Crippen LogP contribution in [0.4, 0.5) is 13.2 Å². The number of benzene rings is 1. The number of piperidine rings is 1. The third-order valence-electron chi connectivity index (χ3n) is 6.30. The normalized spacial score (nSPS) is 22.8. The molecule has 28 heavy (non-hydrogen) atoms. The first-order valence-electron chi connectivity index (χ1n) is 10.2. The van der Waals surface area contributed by atoms with Gasteiger partial charge in [-0.25, -0.2) is 0 Å². The number of likely N-dealkylation sites (tertiary alicyclic amines) is 1. The smallest absolute Gasteiger partial charge is 0.504 e. The molecule has 0 spiro atoms. The number of ether oxygens (including phenoxy) is 1. The SMILES string of the molecule is CC1CCN(CC(c2ccc(O)c(OC(F)(F)F)c2)C2(O)CCCCC2)CC1. The quantitative estimate of drug-likeness (QED) is 0.744. The molecule has 0 radical (unpaired) electrons. The first-order chi connectivity index (χ1) is 13.2. The summed E-state index contributed by atoms with van der Waals surface area (Å²) in [5, 5.41) is 21.2. The van der Waals surface area contributed by atoms with Gasteiger partial charge in [0.05, 0.1) is 5.60 Å². The molecule has 2 N–H and O–H groups in total. The minimum Gasteiger partial charge on any atom is -0.504 e. The van der Waals surface area contributed by atoms with Gasteiger partial charge in [-0.1, -0.05) is 32.3 Å². The Morgan fingerprint density at radius 3 is 2.43 bits per heavy atom. The second kappa shape index (κ2) is 8.49. The number of hydrogen-bond acceptors (Lipinski definition) is 4. The van der Waals surface area contributed by atoms with Gasteiger partial charge in [0.25, 0.3) is 0 Å². The maximum Gasteiger partial charge on any atom is 0.573 e. The monoisotopic (exact) mass is 401 g/mol. The fourth-order valence-corrected chi connectivity index (χ4v) is 4.55. The van der Waals surface area contributed by atoms with Crippen molar-refractivity contribution < 1.29 is 28.1 Å². The van der Waals surface area contributed by atoms with Crippen molar-refractivity contribution in [3.63, 3.8) is 0 Å². The Morgan fingerprint density at radius 2 is 1.82 bits per heavy atom. The van der Waals surface area contributed by atoms with E-state index in [2.05, 4.69) is 16.6 Å². The Bertz CT molecular complexity index is 651. The zero-order valence-electron chi connectivity index (χ0n) is 16.3. The molecular weight excluding hydrogens is 371 g/mol. The summed E-state index contributed by atoms with van der Waals surface area (Å²) in [7, 11) is 0. The van der Waals surface area contributed by atoms with Gasteiger partial charge in [-0.3, -0.25) is 0 Å². The lowest BCUT2D eigenvalue weighted by Crippen LogP contribution is -2.46. The van der Waals surface area contributed by atoms with E-state index < -0.39 is 23.5 Å². The first-order valence-corrected chi connectivity index (χ1v) is 10.2. The van der Waals surface area contributed by atoms with Gasteiger partial charge in [0, 0.05) is 12.5 Å². The summed E-state index contributed by atoms with van der Waals surface area (Å²) in [5.41, 5.74) is -0.367. The van der Waals surface area contributed by atoms with Crippen molar-refractivity contribution in [2.45, 2.75) is 69.8 Å². The minimum absolute atomic E-state index is 0.322. The van der Waals surface area contributed by atoms with Crippen LogP contribution in [-0.2, 0) is 0 Å². The second-order valence-corrected chi connectivity index (χ2v) is 8.47. The van der Waals surface area contributed by atoms with Gasteiger partial charge < -0.3 is 19.8 Å². The van der Waals surface area contributed by atoms with Gasteiger partial charge in [0.2, 0.25) is 0 Å². The number of alkyl halides is 3. The molecule has 2 aliphatic rings. The Hall–Kier alpha value is -1.47. The number of hydrogen-bond donors (Lipinski definition) is 2. The molecule has 158 valence electrons. The highest BCUT2D eigenvalue weighted by Crippen LogP contribution is 2.43. The third kappa shape index (κ3) is 5.32. The lowest BCUT2D eigenvalue weighted by Gasteiger charge is -2.43. The van der Waals surface area contributed by atoms with E-state index in [1.165, 1.54) is 12.1 Å². The molecule has 7 heteroatoms. The third-order valence-corrected chi connectivity index (χ3v) is 6.30. The van der Waals surface area contributed by atoms with Crippen molar-refractivity contribution in [1.29, 1.82) is 0 Å². The number of aliphatic hydroxyl groups is 1. The van der Waals surface area contributed by atoms with E-state index in [-0.39, 0.29) is 5.92 Å². The van der Waals surface area contributed by atoms with Crippen molar-refractivity contribution in [3.8, 4) is 11.5 Å². The van der Waals surface area contributed by atoms with E-state index >= 15 is 0 Å². The predicted octanol–water partition coefficient (Wildman–Crippen LogP) is 4.80. The Morgan fingerprint density at radius 1 is 1.18 bits per heavy atom. The number of halogens is 3. The average molecular weight is 401 g/mol. The fraction of sp³-hybridized carbons (Fsp3) is 0.714. The summed E-state index contributed by atoms with van der Waals surface area (Å²) in [6.07, 6.45) is 1.45. The van der Waals surface area contributed by atoms with E-state index in [1.807, 2.05) is 0 Å². The fourth-order valence-electron chi connectivity index (χ4n) is 4.55. The van der Waals surface area contributed by atoms with Crippen molar-refractivity contribution in [1.82, 2.24) is 4.90 Å². The zero-order valence-corrected chi connectivity index (χ0v) is 16.3. The Labute approximate surface area is 164 Å². The number of rotatable bonds is 5. The minimum atomic E-state index is -4.88. The lowest BCUT2D eigenvalue weighted by atomic mass is 9.72. The summed E-state index contributed by atoms with van der Waals surface area (Å²) in [5.74, 6) is -0.811. The van der Waals surface area contributed by atoms with E-state index in [0.29, 0.717) is 30.9 Å². The highest BCUT2D eigenvalue weighted by molar-refractivity contribution is 5.44. The average Bonchev–Trinajstić information content (AvgIpc) is 2.63. The van der Waals surface area contributed by atoms with Crippen LogP contribution in [0.2, 0.25) is 0 Å². The van der Waals surface area contributed by atoms with E-state index in [0.717, 1.165) is 45.2 Å². The molecule has 4 nitrogen and oxygen atoms in total. The summed E-state index contributed by atoms with van der Waals surface area (Å²) >= 11 is 0. The largest absolute Gasteiger partial charge is 0.573 e. The molecule has 1 aliphatic carbocycles. The molecule has 1 aromatic rings. The predicted molar refractivity (Wildman–Crippen MR) is 100 cm³/mol. The van der Waals surface area contributed by atoms with Crippen molar-refractivity contribution in [3.05, 3.63) is 23.8 Å². The van der Waals surface area contributed by atoms with Crippen LogP contribution in [0.15, 0.2) is 18.2 Å². The number of phenols is 1. The second-order valence-electron chi connectivity index (χ2n) is 8.47. The standard InChI is InChI=1S/C21H30F3NO3/c1-15-7-11-25(12-8-15)14-17(20(27)9-3-2-4-10-20)16-5-6-18(26)19(13-16)28-21(22,23)24/h5-6,13,15,17,26-27H,2-4,7-12,14H2,1H3. The van der Waals surface area contributed by atoms with Crippen LogP contribution in [0, 0.1) is 5.92 Å². The van der Waals surface area contributed by atoms with E-state index in [4.69, 9.17) is 0 Å². The van der Waals surface area contributed by atoms with Crippen LogP contribution >= 0.6 is 0 Å². The number of nitrogens with zero attached hydrogens (tertiary/aromatic N) is 1. The Balaban J connectivity index is 1.88. The summed E-state index contributed by atoms with van der Waals surface area (Å²) in [4.78, 5) is 2.30. The highest BCUT2D eigenvalue weighted by atomic mass is 19.4. The molecule has 3 rings (SSSR count). The number of aromatic hydroxyl groups is 1. The van der Waals surface area contributed by atoms with Crippen LogP contribution in [0.5, 0.6) is 11.5 Å². The van der Waals surface area contributed by atoms with Gasteiger partial charge in [0.1, 0.15) is 0 Å². The maximum atomic E-state index is 12.7. The summed E-state index contributed by atoms with van der Waals surface area (Å²) in [6, 6.07) is 4.09. The summed E-state index contributed by atoms with van der Waals surface area (Å²) < 4.78 is 42.1. The Kier molecular flexibility index (Phi) is 6.44. The molecule has 1 saturated carbocycles. The van der Waals surface area contributed by atoms with Gasteiger partial charge in [0.15, 0.2) is 11.5 Å². The van der Waals surface area contributed by atoms with Gasteiger partial charge in [-0.05, 0) is 62.4 Å². The van der Waals surface area contributed by atoms with Crippen molar-refractivity contribution in [2.75, 3.05) is 19.6 Å². The molecule has 1 atom stereocenters. The van der Waals surface area contributed by atoms with Crippen LogP contribution in [0.3, 0.4) is 0 Å². The molecular formula is C21H30F3NO3. The van der Waals surface area contributed by atoms with Crippen molar-refractivity contribution in [2.24, 2.45) is 5.92 Å². The molecule has 1 saturated heterocycles.